The van der Waals surface area contributed by atoms with Crippen LogP contribution in [0.4, 0.5) is 18.9 Å². The van der Waals surface area contributed by atoms with Crippen LogP contribution in [-0.4, -0.2) is 34.7 Å². The molecule has 1 aliphatic carbocycles. The summed E-state index contributed by atoms with van der Waals surface area (Å²) < 4.78 is 47.3. The van der Waals surface area contributed by atoms with Crippen LogP contribution in [0.1, 0.15) is 52.4 Å². The quantitative estimate of drug-likeness (QED) is 0.474. The first-order valence-corrected chi connectivity index (χ1v) is 12.0. The van der Waals surface area contributed by atoms with Crippen LogP contribution in [0.15, 0.2) is 52.2 Å². The van der Waals surface area contributed by atoms with Gasteiger partial charge in [0.25, 0.3) is 5.56 Å². The summed E-state index contributed by atoms with van der Waals surface area (Å²) in [6.07, 6.45) is -2.19. The maximum absolute atomic E-state index is 13.6. The van der Waals surface area contributed by atoms with Crippen LogP contribution < -0.4 is 16.1 Å². The zero-order valence-electron chi connectivity index (χ0n) is 20.9. The minimum atomic E-state index is -4.62. The molecular formula is C27H24F3N3O5. The van der Waals surface area contributed by atoms with E-state index >= 15 is 0 Å². The Bertz CT molecular complexity index is 1620. The molecule has 1 saturated carbocycles. The molecule has 1 fully saturated rings. The summed E-state index contributed by atoms with van der Waals surface area (Å²) in [7, 11) is 1.68. The van der Waals surface area contributed by atoms with Gasteiger partial charge in [-0.1, -0.05) is 12.1 Å². The fourth-order valence-corrected chi connectivity index (χ4v) is 5.11. The van der Waals surface area contributed by atoms with Crippen LogP contribution in [0.3, 0.4) is 0 Å². The summed E-state index contributed by atoms with van der Waals surface area (Å²) in [4.78, 5) is 53.8. The van der Waals surface area contributed by atoms with Gasteiger partial charge in [-0.15, -0.1) is 0 Å². The van der Waals surface area contributed by atoms with Gasteiger partial charge in [-0.25, -0.2) is 9.59 Å². The van der Waals surface area contributed by atoms with Crippen LogP contribution in [0.2, 0.25) is 0 Å². The number of nitrogens with zero attached hydrogens (tertiary/aromatic N) is 3. The highest BCUT2D eigenvalue weighted by Crippen LogP contribution is 2.57. The van der Waals surface area contributed by atoms with E-state index in [0.29, 0.717) is 24.2 Å². The Kier molecular flexibility index (Phi) is 5.85. The maximum Gasteiger partial charge on any atom is 0.416 e. The Morgan fingerprint density at radius 3 is 2.45 bits per heavy atom. The lowest BCUT2D eigenvalue weighted by Gasteiger charge is -2.17. The highest BCUT2D eigenvalue weighted by atomic mass is 19.4. The molecule has 0 N–H and O–H groups in total. The van der Waals surface area contributed by atoms with E-state index in [-0.39, 0.29) is 23.6 Å². The third kappa shape index (κ3) is 3.84. The number of rotatable bonds is 5. The van der Waals surface area contributed by atoms with Gasteiger partial charge in [-0.3, -0.25) is 18.7 Å². The molecule has 1 spiro atoms. The van der Waals surface area contributed by atoms with Crippen LogP contribution >= 0.6 is 0 Å². The van der Waals surface area contributed by atoms with Gasteiger partial charge in [-0.2, -0.15) is 13.2 Å². The molecule has 0 saturated heterocycles. The van der Waals surface area contributed by atoms with Gasteiger partial charge in [0.1, 0.15) is 5.56 Å². The van der Waals surface area contributed by atoms with Gasteiger partial charge in [-0.05, 0) is 67.6 Å². The van der Waals surface area contributed by atoms with Crippen molar-refractivity contribution in [2.24, 2.45) is 0 Å². The number of amides is 1. The number of benzene rings is 2. The first-order valence-electron chi connectivity index (χ1n) is 12.0. The van der Waals surface area contributed by atoms with Crippen molar-refractivity contribution in [3.05, 3.63) is 91.3 Å². The molecule has 38 heavy (non-hydrogen) atoms. The van der Waals surface area contributed by atoms with E-state index < -0.39 is 46.5 Å². The normalized spacial score (nSPS) is 15.6. The molecule has 2 heterocycles. The van der Waals surface area contributed by atoms with E-state index in [1.807, 2.05) is 0 Å². The number of hydrogen-bond donors (Lipinski definition) is 0. The predicted octanol–water partition coefficient (Wildman–Crippen LogP) is 3.56. The van der Waals surface area contributed by atoms with E-state index in [1.165, 1.54) is 19.1 Å². The van der Waals surface area contributed by atoms with E-state index in [1.54, 1.807) is 37.1 Å². The van der Waals surface area contributed by atoms with Crippen LogP contribution in [0.5, 0.6) is 0 Å². The lowest BCUT2D eigenvalue weighted by molar-refractivity contribution is -0.138. The largest absolute Gasteiger partial charge is 0.462 e. The molecule has 0 unspecified atom stereocenters. The Morgan fingerprint density at radius 2 is 1.82 bits per heavy atom. The fourth-order valence-electron chi connectivity index (χ4n) is 5.11. The van der Waals surface area contributed by atoms with Gasteiger partial charge in [0, 0.05) is 18.9 Å². The second-order valence-corrected chi connectivity index (χ2v) is 9.54. The van der Waals surface area contributed by atoms with Crippen LogP contribution in [-0.2, 0) is 27.7 Å². The van der Waals surface area contributed by atoms with Crippen LogP contribution in [0, 0.1) is 6.92 Å². The fraction of sp³-hybridized carbons (Fsp3) is 0.333. The smallest absolute Gasteiger partial charge is 0.416 e. The van der Waals surface area contributed by atoms with Crippen molar-refractivity contribution in [2.75, 3.05) is 18.6 Å². The number of ether oxygens (including phenoxy) is 1. The van der Waals surface area contributed by atoms with E-state index in [0.717, 1.165) is 27.0 Å². The highest BCUT2D eigenvalue weighted by Gasteiger charge is 2.58. The standard InChI is InChI=1S/C27H24F3N3O5/c1-4-38-23(35)18-14-32(17-8-9-21-20(12-17)26(10-11-26)24(36)31(21)3)25(37)33(22(18)34)13-16-6-5-7-19(15(16)2)27(28,29)30/h5-9,12,14H,4,10-11,13H2,1-3H3. The summed E-state index contributed by atoms with van der Waals surface area (Å²) in [5, 5.41) is 0. The Balaban J connectivity index is 1.69. The van der Waals surface area contributed by atoms with Gasteiger partial charge >= 0.3 is 17.8 Å². The number of carbonyl (C=O) groups excluding carboxylic acids is 2. The molecule has 0 radical (unpaired) electrons. The average Bonchev–Trinajstić information content (AvgIpc) is 3.64. The summed E-state index contributed by atoms with van der Waals surface area (Å²) in [5.74, 6) is -0.996. The Labute approximate surface area is 214 Å². The Hall–Kier alpha value is -4.15. The van der Waals surface area contributed by atoms with Gasteiger partial charge < -0.3 is 9.64 Å². The number of fused-ring (bicyclic) bond motifs is 2. The van der Waals surface area contributed by atoms with Gasteiger partial charge in [0.2, 0.25) is 5.91 Å². The zero-order chi connectivity index (χ0) is 27.6. The van der Waals surface area contributed by atoms with E-state index in [2.05, 4.69) is 0 Å². The van der Waals surface area contributed by atoms with Crippen molar-refractivity contribution in [3.8, 4) is 5.69 Å². The monoisotopic (exact) mass is 527 g/mol. The van der Waals surface area contributed by atoms with E-state index in [4.69, 9.17) is 4.74 Å². The maximum atomic E-state index is 13.6. The number of alkyl halides is 3. The summed E-state index contributed by atoms with van der Waals surface area (Å²) >= 11 is 0. The molecule has 1 amide bonds. The minimum absolute atomic E-state index is 0.0278. The third-order valence-corrected chi connectivity index (χ3v) is 7.35. The first-order chi connectivity index (χ1) is 17.9. The summed E-state index contributed by atoms with van der Waals surface area (Å²) in [6.45, 7) is 2.30. The molecular weight excluding hydrogens is 503 g/mol. The number of likely N-dealkylation sites (N-methyl/N-ethyl adjacent to an activating group) is 1. The Morgan fingerprint density at radius 1 is 1.11 bits per heavy atom. The molecule has 1 aromatic heterocycles. The number of esters is 1. The zero-order valence-corrected chi connectivity index (χ0v) is 20.9. The van der Waals surface area contributed by atoms with Crippen LogP contribution in [0.25, 0.3) is 5.69 Å². The van der Waals surface area contributed by atoms with Crippen molar-refractivity contribution < 1.29 is 27.5 Å². The molecule has 2 aromatic carbocycles. The SMILES string of the molecule is CCOC(=O)c1cn(-c2ccc3c(c2)C2(CC2)C(=O)N3C)c(=O)n(Cc2cccc(C(F)(F)F)c2C)c1=O. The topological polar surface area (TPSA) is 90.6 Å². The van der Waals surface area contributed by atoms with Crippen molar-refractivity contribution in [1.82, 2.24) is 9.13 Å². The lowest BCUT2D eigenvalue weighted by atomic mass is 9.97. The second kappa shape index (κ2) is 8.71. The molecule has 2 aliphatic rings. The lowest BCUT2D eigenvalue weighted by Crippen LogP contribution is -2.42. The number of carbonyl (C=O) groups is 2. The third-order valence-electron chi connectivity index (χ3n) is 7.35. The number of halogens is 3. The minimum Gasteiger partial charge on any atom is -0.462 e. The molecule has 8 nitrogen and oxygen atoms in total. The van der Waals surface area contributed by atoms with Crippen molar-refractivity contribution in [3.63, 3.8) is 0 Å². The van der Waals surface area contributed by atoms with Crippen molar-refractivity contribution in [1.29, 1.82) is 0 Å². The predicted molar refractivity (Wildman–Crippen MR) is 132 cm³/mol. The van der Waals surface area contributed by atoms with E-state index in [9.17, 15) is 32.3 Å². The second-order valence-electron chi connectivity index (χ2n) is 9.54. The van der Waals surface area contributed by atoms with Gasteiger partial charge in [0.05, 0.1) is 29.8 Å². The highest BCUT2D eigenvalue weighted by molar-refractivity contribution is 6.10. The molecule has 3 aromatic rings. The average molecular weight is 527 g/mol. The molecule has 11 heteroatoms. The summed E-state index contributed by atoms with van der Waals surface area (Å²) in [5.41, 5.74) is -2.04. The van der Waals surface area contributed by atoms with Gasteiger partial charge in [0.15, 0.2) is 0 Å². The van der Waals surface area contributed by atoms with Crippen molar-refractivity contribution >= 4 is 17.6 Å². The molecule has 0 atom stereocenters. The molecule has 0 bridgehead atoms. The number of hydrogen-bond acceptors (Lipinski definition) is 5. The number of anilines is 1. The van der Waals surface area contributed by atoms with Crippen molar-refractivity contribution in [2.45, 2.75) is 44.8 Å². The number of aromatic nitrogens is 2. The molecule has 5 rings (SSSR count). The first kappa shape index (κ1) is 25.5. The summed E-state index contributed by atoms with van der Waals surface area (Å²) in [6, 6.07) is 8.48. The molecule has 198 valence electrons. The molecule has 1 aliphatic heterocycles.